The molecule has 0 unspecified atom stereocenters. The maximum atomic E-state index is 12.0. The maximum Gasteiger partial charge on any atom is 0.268 e. The normalized spacial score (nSPS) is 39.9. The van der Waals surface area contributed by atoms with Crippen molar-refractivity contribution in [3.8, 4) is 0 Å². The third-order valence-corrected chi connectivity index (χ3v) is 5.68. The van der Waals surface area contributed by atoms with Crippen molar-refractivity contribution in [2.24, 2.45) is 17.8 Å². The van der Waals surface area contributed by atoms with E-state index in [-0.39, 0.29) is 11.1 Å². The zero-order valence-corrected chi connectivity index (χ0v) is 11.6. The molecule has 4 aliphatic carbocycles. The van der Waals surface area contributed by atoms with Gasteiger partial charge in [-0.3, -0.25) is 14.6 Å². The second-order valence-corrected chi connectivity index (χ2v) is 7.14. The van der Waals surface area contributed by atoms with Crippen LogP contribution in [0.25, 0.3) is 0 Å². The number of hydrogen-bond acceptors (Lipinski definition) is 2. The molecule has 0 atom stereocenters. The molecule has 0 radical (unpaired) electrons. The third kappa shape index (κ3) is 1.72. The Morgan fingerprint density at radius 2 is 1.84 bits per heavy atom. The van der Waals surface area contributed by atoms with Crippen LogP contribution in [0.1, 0.15) is 44.1 Å². The van der Waals surface area contributed by atoms with Crippen LogP contribution >= 0.6 is 0 Å². The Bertz CT molecular complexity index is 507. The van der Waals surface area contributed by atoms with Crippen molar-refractivity contribution < 1.29 is 0 Å². The molecule has 0 aromatic carbocycles. The van der Waals surface area contributed by atoms with Gasteiger partial charge >= 0.3 is 0 Å². The number of aromatic nitrogens is 2. The van der Waals surface area contributed by atoms with Crippen molar-refractivity contribution in [3.63, 3.8) is 0 Å². The molecule has 2 N–H and O–H groups in total. The van der Waals surface area contributed by atoms with E-state index >= 15 is 0 Å². The van der Waals surface area contributed by atoms with E-state index in [0.29, 0.717) is 6.54 Å². The van der Waals surface area contributed by atoms with E-state index in [0.717, 1.165) is 23.3 Å². The third-order valence-electron chi connectivity index (χ3n) is 5.68. The van der Waals surface area contributed by atoms with Gasteiger partial charge in [-0.15, -0.1) is 0 Å². The minimum Gasteiger partial charge on any atom is -0.315 e. The number of aromatic amines is 1. The van der Waals surface area contributed by atoms with Gasteiger partial charge in [0.25, 0.3) is 5.56 Å². The SMILES string of the molecule is CNCc1cn(C23CC4CC(CC(C4)C2)C3)[nH]c1=O. The van der Waals surface area contributed by atoms with E-state index in [1.807, 2.05) is 7.05 Å². The highest BCUT2D eigenvalue weighted by Gasteiger charge is 2.52. The highest BCUT2D eigenvalue weighted by atomic mass is 16.1. The van der Waals surface area contributed by atoms with Crippen LogP contribution in [0.2, 0.25) is 0 Å². The van der Waals surface area contributed by atoms with Gasteiger partial charge in [0.05, 0.1) is 11.1 Å². The van der Waals surface area contributed by atoms with Gasteiger partial charge in [0.15, 0.2) is 0 Å². The van der Waals surface area contributed by atoms with E-state index in [9.17, 15) is 4.79 Å². The molecule has 4 heteroatoms. The van der Waals surface area contributed by atoms with Gasteiger partial charge in [-0.25, -0.2) is 0 Å². The molecule has 4 bridgehead atoms. The van der Waals surface area contributed by atoms with Gasteiger partial charge in [0.2, 0.25) is 0 Å². The Balaban J connectivity index is 1.71. The van der Waals surface area contributed by atoms with Crippen molar-refractivity contribution in [1.82, 2.24) is 15.1 Å². The lowest BCUT2D eigenvalue weighted by Crippen LogP contribution is -2.52. The van der Waals surface area contributed by atoms with Crippen molar-refractivity contribution in [2.75, 3.05) is 7.05 Å². The number of H-pyrrole nitrogens is 1. The fourth-order valence-electron chi connectivity index (χ4n) is 5.36. The van der Waals surface area contributed by atoms with E-state index in [4.69, 9.17) is 0 Å². The summed E-state index contributed by atoms with van der Waals surface area (Å²) in [5.74, 6) is 2.72. The molecule has 0 saturated heterocycles. The summed E-state index contributed by atoms with van der Waals surface area (Å²) in [7, 11) is 1.89. The predicted molar refractivity (Wildman–Crippen MR) is 74.0 cm³/mol. The zero-order chi connectivity index (χ0) is 13.0. The average molecular weight is 261 g/mol. The molecule has 1 aromatic rings. The number of nitrogens with zero attached hydrogens (tertiary/aromatic N) is 1. The molecular weight excluding hydrogens is 238 g/mol. The van der Waals surface area contributed by atoms with Crippen LogP contribution in [0.15, 0.2) is 11.0 Å². The number of nitrogens with one attached hydrogen (secondary N) is 2. The summed E-state index contributed by atoms with van der Waals surface area (Å²) >= 11 is 0. The minimum atomic E-state index is 0.0881. The Morgan fingerprint density at radius 1 is 1.26 bits per heavy atom. The standard InChI is InChI=1S/C15H23N3O/c1-16-8-13-9-18(17-14(13)19)15-5-10-2-11(6-15)4-12(3-10)7-15/h9-12,16H,2-8H2,1H3,(H,17,19). The molecule has 19 heavy (non-hydrogen) atoms. The molecule has 4 nitrogen and oxygen atoms in total. The number of rotatable bonds is 3. The van der Waals surface area contributed by atoms with E-state index in [1.165, 1.54) is 38.5 Å². The summed E-state index contributed by atoms with van der Waals surface area (Å²) < 4.78 is 2.19. The lowest BCUT2D eigenvalue weighted by Gasteiger charge is -2.56. The van der Waals surface area contributed by atoms with Crippen LogP contribution in [-0.4, -0.2) is 16.8 Å². The molecule has 0 aliphatic heterocycles. The Morgan fingerprint density at radius 3 is 2.37 bits per heavy atom. The summed E-state index contributed by atoms with van der Waals surface area (Å²) in [4.78, 5) is 12.0. The monoisotopic (exact) mass is 261 g/mol. The Labute approximate surface area is 113 Å². The fourth-order valence-corrected chi connectivity index (χ4v) is 5.36. The Hall–Kier alpha value is -1.03. The molecule has 4 aliphatic rings. The molecule has 5 rings (SSSR count). The van der Waals surface area contributed by atoms with E-state index < -0.39 is 0 Å². The lowest BCUT2D eigenvalue weighted by atomic mass is 9.53. The molecular formula is C15H23N3O. The van der Waals surface area contributed by atoms with Gasteiger partial charge in [-0.2, -0.15) is 0 Å². The first-order chi connectivity index (χ1) is 9.18. The smallest absolute Gasteiger partial charge is 0.268 e. The van der Waals surface area contributed by atoms with Gasteiger partial charge in [0.1, 0.15) is 0 Å². The molecule has 4 fully saturated rings. The second kappa shape index (κ2) is 3.98. The predicted octanol–water partition coefficient (Wildman–Crippen LogP) is 1.82. The van der Waals surface area contributed by atoms with E-state index in [2.05, 4.69) is 21.3 Å². The lowest BCUT2D eigenvalue weighted by molar-refractivity contribution is -0.0496. The van der Waals surface area contributed by atoms with Gasteiger partial charge in [0, 0.05) is 12.7 Å². The molecule has 1 heterocycles. The largest absolute Gasteiger partial charge is 0.315 e. The molecule has 0 spiro atoms. The first-order valence-corrected chi connectivity index (χ1v) is 7.64. The van der Waals surface area contributed by atoms with Crippen molar-refractivity contribution in [3.05, 3.63) is 22.1 Å². The van der Waals surface area contributed by atoms with E-state index in [1.54, 1.807) is 0 Å². The highest BCUT2D eigenvalue weighted by Crippen LogP contribution is 2.58. The van der Waals surface area contributed by atoms with Crippen molar-refractivity contribution in [2.45, 2.75) is 50.6 Å². The summed E-state index contributed by atoms with van der Waals surface area (Å²) in [6.45, 7) is 0.661. The quantitative estimate of drug-likeness (QED) is 0.872. The van der Waals surface area contributed by atoms with Crippen LogP contribution in [0.3, 0.4) is 0 Å². The molecule has 104 valence electrons. The number of hydrogen-bond donors (Lipinski definition) is 2. The van der Waals surface area contributed by atoms with Crippen LogP contribution in [-0.2, 0) is 12.1 Å². The van der Waals surface area contributed by atoms with Gasteiger partial charge in [-0.1, -0.05) is 0 Å². The van der Waals surface area contributed by atoms with Crippen LogP contribution < -0.4 is 10.9 Å². The van der Waals surface area contributed by atoms with Crippen LogP contribution in [0.4, 0.5) is 0 Å². The van der Waals surface area contributed by atoms with Crippen LogP contribution in [0, 0.1) is 17.8 Å². The average Bonchev–Trinajstić information content (AvgIpc) is 2.70. The summed E-state index contributed by atoms with van der Waals surface area (Å²) in [6.07, 6.45) is 10.2. The molecule has 0 amide bonds. The minimum absolute atomic E-state index is 0.0881. The summed E-state index contributed by atoms with van der Waals surface area (Å²) in [5.41, 5.74) is 1.20. The van der Waals surface area contributed by atoms with Gasteiger partial charge in [-0.05, 0) is 63.3 Å². The summed E-state index contributed by atoms with van der Waals surface area (Å²) in [6, 6.07) is 0. The summed E-state index contributed by atoms with van der Waals surface area (Å²) in [5, 5.41) is 6.19. The molecule has 1 aromatic heterocycles. The zero-order valence-electron chi connectivity index (χ0n) is 11.6. The first-order valence-electron chi connectivity index (χ1n) is 7.64. The van der Waals surface area contributed by atoms with Gasteiger partial charge < -0.3 is 5.32 Å². The fraction of sp³-hybridized carbons (Fsp3) is 0.800. The Kier molecular flexibility index (Phi) is 2.47. The molecule has 4 saturated carbocycles. The topological polar surface area (TPSA) is 49.8 Å². The van der Waals surface area contributed by atoms with Crippen LogP contribution in [0.5, 0.6) is 0 Å². The maximum absolute atomic E-state index is 12.0. The van der Waals surface area contributed by atoms with Crippen molar-refractivity contribution >= 4 is 0 Å². The highest BCUT2D eigenvalue weighted by molar-refractivity contribution is 5.10. The van der Waals surface area contributed by atoms with Crippen molar-refractivity contribution in [1.29, 1.82) is 0 Å². The first kappa shape index (κ1) is 11.8. The second-order valence-electron chi connectivity index (χ2n) is 7.14.